The summed E-state index contributed by atoms with van der Waals surface area (Å²) in [5, 5.41) is 10.0. The van der Waals surface area contributed by atoms with Gasteiger partial charge in [-0.2, -0.15) is 5.26 Å². The highest BCUT2D eigenvalue weighted by Gasteiger charge is 2.71. The van der Waals surface area contributed by atoms with Crippen LogP contribution in [-0.4, -0.2) is 60.0 Å². The molecule has 36 heavy (non-hydrogen) atoms. The molecule has 0 radical (unpaired) electrons. The Balaban J connectivity index is 1.30. The number of hydrogen-bond donors (Lipinski definition) is 1. The number of cyclic esters (lactones) is 1. The number of nitrogens with two attached hydrogens (primary N) is 1. The number of ether oxygens (including phenoxy) is 2. The van der Waals surface area contributed by atoms with E-state index < -0.39 is 29.0 Å². The van der Waals surface area contributed by atoms with E-state index in [0.29, 0.717) is 35.6 Å². The van der Waals surface area contributed by atoms with Crippen molar-refractivity contribution >= 4 is 17.9 Å². The molecule has 1 unspecified atom stereocenters. The molecule has 0 spiro atoms. The lowest BCUT2D eigenvalue weighted by Gasteiger charge is -2.27. The van der Waals surface area contributed by atoms with E-state index in [1.165, 1.54) is 11.0 Å². The first kappa shape index (κ1) is 24.0. The van der Waals surface area contributed by atoms with E-state index in [4.69, 9.17) is 15.2 Å². The minimum atomic E-state index is -0.755. The molecule has 1 aromatic heterocycles. The molecule has 1 saturated carbocycles. The minimum absolute atomic E-state index is 0.0121. The summed E-state index contributed by atoms with van der Waals surface area (Å²) in [7, 11) is 0. The molecule has 2 N–H and O–H groups in total. The zero-order valence-corrected chi connectivity index (χ0v) is 20.4. The normalized spacial score (nSPS) is 26.9. The molecule has 9 nitrogen and oxygen atoms in total. The summed E-state index contributed by atoms with van der Waals surface area (Å²) in [4.78, 5) is 32.0. The first-order chi connectivity index (χ1) is 17.1. The maximum atomic E-state index is 15.0. The molecule has 10 heteroatoms. The van der Waals surface area contributed by atoms with Crippen LogP contribution in [0, 0.1) is 29.0 Å². The van der Waals surface area contributed by atoms with Crippen LogP contribution in [0.5, 0.6) is 0 Å². The van der Waals surface area contributed by atoms with Gasteiger partial charge in [-0.15, -0.1) is 0 Å². The number of likely N-dealkylation sites (tertiary alicyclic amines) is 1. The van der Waals surface area contributed by atoms with Crippen molar-refractivity contribution < 1.29 is 23.5 Å². The topological polar surface area (TPSA) is 122 Å². The monoisotopic (exact) mass is 493 g/mol. The number of pyridine rings is 1. The number of piperidine rings is 1. The molecule has 2 aliphatic heterocycles. The average molecular weight is 494 g/mol. The summed E-state index contributed by atoms with van der Waals surface area (Å²) < 4.78 is 25.6. The predicted octanol–water partition coefficient (Wildman–Crippen LogP) is 3.43. The molecule has 3 heterocycles. The maximum absolute atomic E-state index is 15.0. The fourth-order valence-corrected chi connectivity index (χ4v) is 5.27. The first-order valence-corrected chi connectivity index (χ1v) is 11.9. The zero-order chi connectivity index (χ0) is 25.8. The maximum Gasteiger partial charge on any atom is 0.414 e. The summed E-state index contributed by atoms with van der Waals surface area (Å²) in [6.07, 6.45) is 0.221. The second-order valence-corrected chi connectivity index (χ2v) is 10.5. The van der Waals surface area contributed by atoms with Crippen LogP contribution in [0.15, 0.2) is 36.5 Å². The second-order valence-electron chi connectivity index (χ2n) is 10.5. The molecule has 2 saturated heterocycles. The molecule has 4 atom stereocenters. The Hall–Kier alpha value is -3.71. The average Bonchev–Trinajstić information content (AvgIpc) is 3.13. The Morgan fingerprint density at radius 2 is 2.00 bits per heavy atom. The number of fused-ring (bicyclic) bond motifs is 1. The van der Waals surface area contributed by atoms with Gasteiger partial charge in [-0.3, -0.25) is 9.88 Å². The van der Waals surface area contributed by atoms with Crippen LogP contribution in [0.25, 0.3) is 11.1 Å². The van der Waals surface area contributed by atoms with E-state index in [2.05, 4.69) is 11.1 Å². The molecule has 1 aromatic carbocycles. The molecule has 5 rings (SSSR count). The first-order valence-electron chi connectivity index (χ1n) is 11.9. The Bertz CT molecular complexity index is 1240. The minimum Gasteiger partial charge on any atom is -0.444 e. The molecule has 3 fully saturated rings. The van der Waals surface area contributed by atoms with Gasteiger partial charge in [0.25, 0.3) is 0 Å². The van der Waals surface area contributed by atoms with Crippen molar-refractivity contribution in [2.45, 2.75) is 37.9 Å². The summed E-state index contributed by atoms with van der Waals surface area (Å²) in [6.45, 7) is 6.81. The third-order valence-corrected chi connectivity index (χ3v) is 7.12. The van der Waals surface area contributed by atoms with E-state index in [1.807, 2.05) is 20.8 Å². The fourth-order valence-electron chi connectivity index (χ4n) is 5.27. The number of amides is 2. The summed E-state index contributed by atoms with van der Waals surface area (Å²) in [5.41, 5.74) is 6.14. The molecule has 0 bridgehead atoms. The van der Waals surface area contributed by atoms with Crippen molar-refractivity contribution in [3.8, 4) is 17.2 Å². The highest BCUT2D eigenvalue weighted by Crippen LogP contribution is 2.62. The van der Waals surface area contributed by atoms with Crippen molar-refractivity contribution in [1.82, 2.24) is 9.88 Å². The highest BCUT2D eigenvalue weighted by molar-refractivity contribution is 5.90. The van der Waals surface area contributed by atoms with Gasteiger partial charge in [0.2, 0.25) is 0 Å². The third kappa shape index (κ3) is 3.93. The predicted molar refractivity (Wildman–Crippen MR) is 128 cm³/mol. The van der Waals surface area contributed by atoms with Gasteiger partial charge in [0.1, 0.15) is 22.9 Å². The van der Waals surface area contributed by atoms with Crippen LogP contribution >= 0.6 is 0 Å². The van der Waals surface area contributed by atoms with Gasteiger partial charge in [0.05, 0.1) is 24.0 Å². The molecule has 2 aromatic rings. The number of hydrogen-bond acceptors (Lipinski definition) is 7. The van der Waals surface area contributed by atoms with E-state index in [9.17, 15) is 19.2 Å². The van der Waals surface area contributed by atoms with Crippen molar-refractivity contribution in [2.75, 3.05) is 31.1 Å². The SMILES string of the molecule is CC(C)(C)OC(=O)N1C[C@@H]2[C@H](C1)C2(C#N)c1ccc(-c2ccc(N3C[C@H](CN)OC3=O)cc2F)cn1. The number of halogens is 1. The fraction of sp³-hybridized carbons (Fsp3) is 0.462. The van der Waals surface area contributed by atoms with Crippen LogP contribution in [-0.2, 0) is 14.9 Å². The number of nitriles is 1. The van der Waals surface area contributed by atoms with Crippen molar-refractivity contribution in [2.24, 2.45) is 17.6 Å². The standard InChI is InChI=1S/C26H28FN5O4/c1-25(2,3)36-23(33)31-12-19-20(13-31)26(19,14-29)22-7-4-15(10-30-22)18-6-5-16(8-21(18)27)32-11-17(9-28)35-24(32)34/h4-8,10,17,19-20H,9,11-13,28H2,1-3H3/t17-,19-,20+,26?/m0/s1. The molecule has 2 amide bonds. The van der Waals surface area contributed by atoms with Gasteiger partial charge >= 0.3 is 12.2 Å². The molecule has 1 aliphatic carbocycles. The van der Waals surface area contributed by atoms with Crippen molar-refractivity contribution in [1.29, 1.82) is 5.26 Å². The van der Waals surface area contributed by atoms with E-state index in [-0.39, 0.29) is 31.0 Å². The lowest BCUT2D eigenvalue weighted by atomic mass is 9.95. The summed E-state index contributed by atoms with van der Waals surface area (Å²) in [5.74, 6) is -0.527. The number of aromatic nitrogens is 1. The Labute approximate surface area is 208 Å². The Kier molecular flexibility index (Phi) is 5.63. The van der Waals surface area contributed by atoms with E-state index >= 15 is 0 Å². The summed E-state index contributed by atoms with van der Waals surface area (Å²) >= 11 is 0. The number of benzene rings is 1. The van der Waals surface area contributed by atoms with E-state index in [0.717, 1.165) is 0 Å². The Morgan fingerprint density at radius 3 is 2.53 bits per heavy atom. The van der Waals surface area contributed by atoms with Crippen LogP contribution in [0.1, 0.15) is 26.5 Å². The molecule has 3 aliphatic rings. The van der Waals surface area contributed by atoms with Crippen LogP contribution < -0.4 is 10.6 Å². The van der Waals surface area contributed by atoms with Gasteiger partial charge in [-0.1, -0.05) is 6.07 Å². The van der Waals surface area contributed by atoms with Gasteiger partial charge in [0.15, 0.2) is 0 Å². The van der Waals surface area contributed by atoms with Crippen LogP contribution in [0.2, 0.25) is 0 Å². The molecule has 188 valence electrons. The van der Waals surface area contributed by atoms with Gasteiger partial charge in [-0.05, 0) is 45.0 Å². The van der Waals surface area contributed by atoms with E-state index in [1.54, 1.807) is 35.4 Å². The van der Waals surface area contributed by atoms with Crippen LogP contribution in [0.3, 0.4) is 0 Å². The Morgan fingerprint density at radius 1 is 1.28 bits per heavy atom. The number of carbonyl (C=O) groups excluding carboxylic acids is 2. The molecular weight excluding hydrogens is 465 g/mol. The van der Waals surface area contributed by atoms with Gasteiger partial charge in [0, 0.05) is 48.8 Å². The van der Waals surface area contributed by atoms with Gasteiger partial charge in [-0.25, -0.2) is 14.0 Å². The largest absolute Gasteiger partial charge is 0.444 e. The quantitative estimate of drug-likeness (QED) is 0.692. The molecular formula is C26H28FN5O4. The third-order valence-electron chi connectivity index (χ3n) is 7.12. The smallest absolute Gasteiger partial charge is 0.414 e. The van der Waals surface area contributed by atoms with Crippen molar-refractivity contribution in [3.05, 3.63) is 48.0 Å². The lowest BCUT2D eigenvalue weighted by molar-refractivity contribution is 0.0265. The zero-order valence-electron chi connectivity index (χ0n) is 20.4. The highest BCUT2D eigenvalue weighted by atomic mass is 19.1. The summed E-state index contributed by atoms with van der Waals surface area (Å²) in [6, 6.07) is 10.5. The lowest BCUT2D eigenvalue weighted by Crippen LogP contribution is -2.39. The number of rotatable bonds is 4. The number of anilines is 1. The van der Waals surface area contributed by atoms with Crippen molar-refractivity contribution in [3.63, 3.8) is 0 Å². The number of nitrogens with zero attached hydrogens (tertiary/aromatic N) is 4. The van der Waals surface area contributed by atoms with Gasteiger partial charge < -0.3 is 20.1 Å². The van der Waals surface area contributed by atoms with Crippen LogP contribution in [0.4, 0.5) is 19.7 Å². The second kappa shape index (κ2) is 8.45. The number of carbonyl (C=O) groups is 2.